The molecule has 78 valence electrons. The van der Waals surface area contributed by atoms with Crippen molar-refractivity contribution >= 4 is 11.6 Å². The molecule has 0 heterocycles. The normalized spacial score (nSPS) is 15.1. The van der Waals surface area contributed by atoms with Gasteiger partial charge in [0, 0.05) is 0 Å². The number of halogens is 1. The second-order valence-electron chi connectivity index (χ2n) is 3.07. The van der Waals surface area contributed by atoms with Gasteiger partial charge >= 0.3 is 0 Å². The summed E-state index contributed by atoms with van der Waals surface area (Å²) in [4.78, 5) is 0. The molecule has 1 aromatic rings. The van der Waals surface area contributed by atoms with Crippen molar-refractivity contribution in [1.82, 2.24) is 0 Å². The fourth-order valence-electron chi connectivity index (χ4n) is 1.18. The van der Waals surface area contributed by atoms with E-state index < -0.39 is 12.2 Å². The van der Waals surface area contributed by atoms with Crippen LogP contribution in [0.2, 0.25) is 0 Å². The fourth-order valence-corrected chi connectivity index (χ4v) is 1.35. The number of rotatable bonds is 4. The zero-order valence-corrected chi connectivity index (χ0v) is 8.35. The standard InChI is InChI=1S/C10H13ClO3/c11-5-9(13)10(14)8-3-1-2-7(4-8)6-12/h1-4,9-10,12-14H,5-6H2. The van der Waals surface area contributed by atoms with E-state index in [0.717, 1.165) is 0 Å². The number of alkyl halides is 1. The molecule has 0 aliphatic rings. The van der Waals surface area contributed by atoms with E-state index in [1.54, 1.807) is 24.3 Å². The molecule has 3 N–H and O–H groups in total. The smallest absolute Gasteiger partial charge is 0.106 e. The van der Waals surface area contributed by atoms with Crippen LogP contribution in [0.25, 0.3) is 0 Å². The van der Waals surface area contributed by atoms with E-state index >= 15 is 0 Å². The van der Waals surface area contributed by atoms with Gasteiger partial charge in [-0.1, -0.05) is 24.3 Å². The van der Waals surface area contributed by atoms with E-state index in [9.17, 15) is 10.2 Å². The van der Waals surface area contributed by atoms with Crippen LogP contribution in [0.1, 0.15) is 17.2 Å². The molecule has 0 aliphatic heterocycles. The summed E-state index contributed by atoms with van der Waals surface area (Å²) < 4.78 is 0. The molecule has 0 spiro atoms. The quantitative estimate of drug-likeness (QED) is 0.653. The van der Waals surface area contributed by atoms with Gasteiger partial charge < -0.3 is 15.3 Å². The largest absolute Gasteiger partial charge is 0.392 e. The lowest BCUT2D eigenvalue weighted by Gasteiger charge is -2.16. The van der Waals surface area contributed by atoms with Gasteiger partial charge in [-0.3, -0.25) is 0 Å². The Bertz CT molecular complexity index is 290. The van der Waals surface area contributed by atoms with Crippen LogP contribution in [0.4, 0.5) is 0 Å². The Balaban J connectivity index is 2.83. The Morgan fingerprint density at radius 1 is 1.29 bits per heavy atom. The van der Waals surface area contributed by atoms with Crippen LogP contribution in [-0.4, -0.2) is 27.3 Å². The van der Waals surface area contributed by atoms with Crippen LogP contribution in [0.5, 0.6) is 0 Å². The summed E-state index contributed by atoms with van der Waals surface area (Å²) in [6.45, 7) is -0.0858. The molecule has 0 bridgehead atoms. The van der Waals surface area contributed by atoms with Crippen LogP contribution in [-0.2, 0) is 6.61 Å². The molecule has 4 heteroatoms. The van der Waals surface area contributed by atoms with Crippen molar-refractivity contribution in [1.29, 1.82) is 0 Å². The summed E-state index contributed by atoms with van der Waals surface area (Å²) in [6, 6.07) is 6.77. The maximum atomic E-state index is 9.59. The van der Waals surface area contributed by atoms with Crippen molar-refractivity contribution in [3.63, 3.8) is 0 Å². The highest BCUT2D eigenvalue weighted by Gasteiger charge is 2.17. The molecule has 2 unspecified atom stereocenters. The van der Waals surface area contributed by atoms with E-state index in [0.29, 0.717) is 11.1 Å². The Hall–Kier alpha value is -0.610. The molecule has 0 amide bonds. The van der Waals surface area contributed by atoms with E-state index in [4.69, 9.17) is 16.7 Å². The zero-order valence-electron chi connectivity index (χ0n) is 7.60. The SMILES string of the molecule is OCc1cccc(C(O)C(O)CCl)c1. The second kappa shape index (κ2) is 5.32. The van der Waals surface area contributed by atoms with Crippen LogP contribution in [0.15, 0.2) is 24.3 Å². The third-order valence-electron chi connectivity index (χ3n) is 2.00. The Kier molecular flexibility index (Phi) is 4.35. The minimum absolute atomic E-state index is 0.0233. The van der Waals surface area contributed by atoms with E-state index in [1.807, 2.05) is 0 Å². The van der Waals surface area contributed by atoms with Crippen molar-refractivity contribution in [3.05, 3.63) is 35.4 Å². The number of aliphatic hydroxyl groups is 3. The first kappa shape index (κ1) is 11.5. The van der Waals surface area contributed by atoms with Crippen LogP contribution in [0.3, 0.4) is 0 Å². The monoisotopic (exact) mass is 216 g/mol. The number of hydrogen-bond donors (Lipinski definition) is 3. The molecule has 3 nitrogen and oxygen atoms in total. The van der Waals surface area contributed by atoms with Gasteiger partial charge in [0.2, 0.25) is 0 Å². The number of aliphatic hydroxyl groups excluding tert-OH is 3. The third-order valence-corrected chi connectivity index (χ3v) is 2.31. The molecule has 0 aliphatic carbocycles. The highest BCUT2D eigenvalue weighted by molar-refractivity contribution is 6.18. The average molecular weight is 217 g/mol. The summed E-state index contributed by atoms with van der Waals surface area (Å²) in [5, 5.41) is 27.8. The maximum Gasteiger partial charge on any atom is 0.106 e. The highest BCUT2D eigenvalue weighted by Crippen LogP contribution is 2.18. The van der Waals surface area contributed by atoms with E-state index in [1.165, 1.54) is 0 Å². The third kappa shape index (κ3) is 2.69. The molecule has 0 saturated carbocycles. The molecule has 0 radical (unpaired) electrons. The lowest BCUT2D eigenvalue weighted by atomic mass is 10.0. The van der Waals surface area contributed by atoms with Crippen LogP contribution < -0.4 is 0 Å². The first-order valence-electron chi connectivity index (χ1n) is 4.31. The summed E-state index contributed by atoms with van der Waals surface area (Å²) in [7, 11) is 0. The zero-order chi connectivity index (χ0) is 10.6. The van der Waals surface area contributed by atoms with Crippen molar-refractivity contribution in [2.24, 2.45) is 0 Å². The van der Waals surface area contributed by atoms with Gasteiger partial charge in [-0.15, -0.1) is 11.6 Å². The second-order valence-corrected chi connectivity index (χ2v) is 3.38. The fraction of sp³-hybridized carbons (Fsp3) is 0.400. The van der Waals surface area contributed by atoms with E-state index in [2.05, 4.69) is 0 Å². The van der Waals surface area contributed by atoms with E-state index in [-0.39, 0.29) is 12.5 Å². The summed E-state index contributed by atoms with van der Waals surface area (Å²) in [5.74, 6) is -0.0233. The summed E-state index contributed by atoms with van der Waals surface area (Å²) in [5.41, 5.74) is 1.26. The number of hydrogen-bond acceptors (Lipinski definition) is 3. The molecule has 0 fully saturated rings. The topological polar surface area (TPSA) is 60.7 Å². The predicted molar refractivity (Wildman–Crippen MR) is 54.1 cm³/mol. The predicted octanol–water partition coefficient (Wildman–Crippen LogP) is 0.812. The van der Waals surface area contributed by atoms with Crippen molar-refractivity contribution < 1.29 is 15.3 Å². The molecular formula is C10H13ClO3. The molecule has 0 saturated heterocycles. The first-order valence-corrected chi connectivity index (χ1v) is 4.84. The molecule has 2 atom stereocenters. The van der Waals surface area contributed by atoms with Gasteiger partial charge in [0.05, 0.1) is 18.6 Å². The molecule has 1 rings (SSSR count). The maximum absolute atomic E-state index is 9.59. The van der Waals surface area contributed by atoms with Crippen molar-refractivity contribution in [3.8, 4) is 0 Å². The van der Waals surface area contributed by atoms with Crippen LogP contribution >= 0.6 is 11.6 Å². The van der Waals surface area contributed by atoms with Gasteiger partial charge in [0.15, 0.2) is 0 Å². The van der Waals surface area contributed by atoms with Crippen LogP contribution in [0, 0.1) is 0 Å². The Labute approximate surface area is 87.6 Å². The molecule has 14 heavy (non-hydrogen) atoms. The molecular weight excluding hydrogens is 204 g/mol. The Morgan fingerprint density at radius 2 is 2.00 bits per heavy atom. The van der Waals surface area contributed by atoms with Gasteiger partial charge in [-0.25, -0.2) is 0 Å². The van der Waals surface area contributed by atoms with Gasteiger partial charge in [0.25, 0.3) is 0 Å². The number of benzene rings is 1. The minimum atomic E-state index is -1.00. The first-order chi connectivity index (χ1) is 6.69. The van der Waals surface area contributed by atoms with Gasteiger partial charge in [-0.2, -0.15) is 0 Å². The molecule has 0 aromatic heterocycles. The average Bonchev–Trinajstić information content (AvgIpc) is 2.27. The van der Waals surface area contributed by atoms with Gasteiger partial charge in [-0.05, 0) is 11.1 Å². The highest BCUT2D eigenvalue weighted by atomic mass is 35.5. The minimum Gasteiger partial charge on any atom is -0.392 e. The van der Waals surface area contributed by atoms with Crippen molar-refractivity contribution in [2.75, 3.05) is 5.88 Å². The van der Waals surface area contributed by atoms with Crippen molar-refractivity contribution in [2.45, 2.75) is 18.8 Å². The van der Waals surface area contributed by atoms with Gasteiger partial charge in [0.1, 0.15) is 6.10 Å². The summed E-state index contributed by atoms with van der Waals surface area (Å²) >= 11 is 5.41. The Morgan fingerprint density at radius 3 is 2.57 bits per heavy atom. The lowest BCUT2D eigenvalue weighted by Crippen LogP contribution is -2.19. The lowest BCUT2D eigenvalue weighted by molar-refractivity contribution is 0.0326. The molecule has 1 aromatic carbocycles. The summed E-state index contributed by atoms with van der Waals surface area (Å²) in [6.07, 6.45) is -1.98.